The summed E-state index contributed by atoms with van der Waals surface area (Å²) in [5.41, 5.74) is 1.27. The van der Waals surface area contributed by atoms with Crippen LogP contribution in [0, 0.1) is 6.92 Å². The average Bonchev–Trinajstić information content (AvgIpc) is 2.41. The minimum atomic E-state index is -1.04. The number of anilines is 1. The van der Waals surface area contributed by atoms with Crippen LogP contribution < -0.4 is 5.32 Å². The predicted octanol–water partition coefficient (Wildman–Crippen LogP) is 2.99. The first-order valence-electron chi connectivity index (χ1n) is 5.75. The lowest BCUT2D eigenvalue weighted by Gasteiger charge is -2.10. The van der Waals surface area contributed by atoms with Crippen LogP contribution in [0.25, 0.3) is 0 Å². The highest BCUT2D eigenvalue weighted by atomic mass is 35.5. The Morgan fingerprint density at radius 2 is 2.00 bits per heavy atom. The summed E-state index contributed by atoms with van der Waals surface area (Å²) in [6, 6.07) is 7.74. The molecule has 0 atom stereocenters. The minimum absolute atomic E-state index is 0.145. The van der Waals surface area contributed by atoms with Crippen LogP contribution in [-0.2, 0) is 0 Å². The second-order valence-electron chi connectivity index (χ2n) is 4.10. The molecular weight excluding hydrogens is 280 g/mol. The first kappa shape index (κ1) is 14.0. The van der Waals surface area contributed by atoms with Crippen molar-refractivity contribution in [3.05, 3.63) is 58.4 Å². The van der Waals surface area contributed by atoms with Crippen LogP contribution >= 0.6 is 11.6 Å². The Bertz CT molecular complexity index is 669. The van der Waals surface area contributed by atoms with Gasteiger partial charge >= 0.3 is 5.97 Å². The molecule has 0 fully saturated rings. The van der Waals surface area contributed by atoms with Crippen molar-refractivity contribution in [1.82, 2.24) is 4.98 Å². The number of carbonyl (C=O) groups is 2. The summed E-state index contributed by atoms with van der Waals surface area (Å²) < 4.78 is 0. The second-order valence-corrected chi connectivity index (χ2v) is 4.54. The van der Waals surface area contributed by atoms with Crippen LogP contribution in [0.4, 0.5) is 5.69 Å². The zero-order valence-corrected chi connectivity index (χ0v) is 11.3. The van der Waals surface area contributed by atoms with Crippen LogP contribution in [0.5, 0.6) is 0 Å². The highest BCUT2D eigenvalue weighted by molar-refractivity contribution is 6.30. The predicted molar refractivity (Wildman–Crippen MR) is 75.3 cm³/mol. The molecule has 0 unspecified atom stereocenters. The highest BCUT2D eigenvalue weighted by Crippen LogP contribution is 2.19. The van der Waals surface area contributed by atoms with Gasteiger partial charge < -0.3 is 10.4 Å². The smallest absolute Gasteiger partial charge is 0.336 e. The van der Waals surface area contributed by atoms with E-state index in [1.54, 1.807) is 25.1 Å². The maximum atomic E-state index is 12.0. The van der Waals surface area contributed by atoms with Crippen molar-refractivity contribution in [3.63, 3.8) is 0 Å². The molecular formula is C14H11ClN2O3. The lowest BCUT2D eigenvalue weighted by atomic mass is 10.1. The quantitative estimate of drug-likeness (QED) is 0.911. The van der Waals surface area contributed by atoms with Gasteiger partial charge in [-0.15, -0.1) is 0 Å². The number of nitrogens with one attached hydrogen (secondary N) is 1. The van der Waals surface area contributed by atoms with Crippen molar-refractivity contribution in [1.29, 1.82) is 0 Å². The van der Waals surface area contributed by atoms with Gasteiger partial charge in [-0.3, -0.25) is 4.79 Å². The summed E-state index contributed by atoms with van der Waals surface area (Å²) >= 11 is 5.70. The molecule has 0 spiro atoms. The number of halogens is 1. The van der Waals surface area contributed by atoms with E-state index >= 15 is 0 Å². The Balaban J connectivity index is 2.26. The SMILES string of the molecule is Cc1c(NC(=O)c2ccc(Cl)cn2)cccc1C(=O)O. The summed E-state index contributed by atoms with van der Waals surface area (Å²) in [5, 5.41) is 12.1. The second kappa shape index (κ2) is 5.71. The Hall–Kier alpha value is -2.40. The summed E-state index contributed by atoms with van der Waals surface area (Å²) in [4.78, 5) is 26.9. The Labute approximate surface area is 120 Å². The van der Waals surface area contributed by atoms with Gasteiger partial charge in [-0.2, -0.15) is 0 Å². The molecule has 1 amide bonds. The number of hydrogen-bond acceptors (Lipinski definition) is 3. The van der Waals surface area contributed by atoms with E-state index in [1.807, 2.05) is 0 Å². The molecule has 20 heavy (non-hydrogen) atoms. The van der Waals surface area contributed by atoms with Crippen LogP contribution in [0.1, 0.15) is 26.4 Å². The molecule has 6 heteroatoms. The van der Waals surface area contributed by atoms with Crippen molar-refractivity contribution >= 4 is 29.2 Å². The highest BCUT2D eigenvalue weighted by Gasteiger charge is 2.13. The van der Waals surface area contributed by atoms with Crippen LogP contribution in [0.3, 0.4) is 0 Å². The summed E-state index contributed by atoms with van der Waals surface area (Å²) in [6.45, 7) is 1.63. The first-order chi connectivity index (χ1) is 9.49. The van der Waals surface area contributed by atoms with Crippen molar-refractivity contribution < 1.29 is 14.7 Å². The number of carboxylic acids is 1. The molecule has 0 saturated carbocycles. The molecule has 1 heterocycles. The van der Waals surface area contributed by atoms with Crippen LogP contribution in [0.15, 0.2) is 36.5 Å². The number of carbonyl (C=O) groups excluding carboxylic acids is 1. The molecule has 102 valence electrons. The van der Waals surface area contributed by atoms with Gasteiger partial charge in [0.15, 0.2) is 0 Å². The number of benzene rings is 1. The molecule has 2 rings (SSSR count). The average molecular weight is 291 g/mol. The van der Waals surface area contributed by atoms with Gasteiger partial charge in [0.25, 0.3) is 5.91 Å². The van der Waals surface area contributed by atoms with Crippen molar-refractivity contribution in [2.45, 2.75) is 6.92 Å². The maximum absolute atomic E-state index is 12.0. The third-order valence-electron chi connectivity index (χ3n) is 2.77. The topological polar surface area (TPSA) is 79.3 Å². The molecule has 2 aromatic rings. The molecule has 5 nitrogen and oxygen atoms in total. The van der Waals surface area contributed by atoms with Gasteiger partial charge in [0.05, 0.1) is 10.6 Å². The molecule has 1 aromatic heterocycles. The van der Waals surface area contributed by atoms with E-state index in [0.717, 1.165) is 0 Å². The monoisotopic (exact) mass is 290 g/mol. The number of aromatic nitrogens is 1. The number of hydrogen-bond donors (Lipinski definition) is 2. The van der Waals surface area contributed by atoms with Crippen molar-refractivity contribution in [2.75, 3.05) is 5.32 Å². The fourth-order valence-electron chi connectivity index (χ4n) is 1.70. The number of nitrogens with zero attached hydrogens (tertiary/aromatic N) is 1. The lowest BCUT2D eigenvalue weighted by Crippen LogP contribution is -2.15. The Morgan fingerprint density at radius 3 is 2.60 bits per heavy atom. The van der Waals surface area contributed by atoms with Gasteiger partial charge in [0.2, 0.25) is 0 Å². The third-order valence-corrected chi connectivity index (χ3v) is 3.00. The minimum Gasteiger partial charge on any atom is -0.478 e. The number of carboxylic acid groups (broad SMARTS) is 1. The Morgan fingerprint density at radius 1 is 1.25 bits per heavy atom. The largest absolute Gasteiger partial charge is 0.478 e. The van der Waals surface area contributed by atoms with Crippen LogP contribution in [0.2, 0.25) is 5.02 Å². The molecule has 1 aromatic carbocycles. The lowest BCUT2D eigenvalue weighted by molar-refractivity contribution is 0.0695. The van der Waals surface area contributed by atoms with E-state index < -0.39 is 11.9 Å². The van der Waals surface area contributed by atoms with E-state index in [9.17, 15) is 9.59 Å². The van der Waals surface area contributed by atoms with Crippen LogP contribution in [-0.4, -0.2) is 22.0 Å². The molecule has 0 radical (unpaired) electrons. The Kier molecular flexibility index (Phi) is 4.00. The van der Waals surface area contributed by atoms with Gasteiger partial charge in [-0.05, 0) is 36.8 Å². The summed E-state index contributed by atoms with van der Waals surface area (Å²) in [5.74, 6) is -1.46. The van der Waals surface area contributed by atoms with E-state index in [-0.39, 0.29) is 11.3 Å². The third kappa shape index (κ3) is 2.95. The number of rotatable bonds is 3. The molecule has 0 saturated heterocycles. The summed E-state index contributed by atoms with van der Waals surface area (Å²) in [6.07, 6.45) is 1.37. The fourth-order valence-corrected chi connectivity index (χ4v) is 1.81. The van der Waals surface area contributed by atoms with E-state index in [1.165, 1.54) is 18.3 Å². The maximum Gasteiger partial charge on any atom is 0.336 e. The molecule has 0 aliphatic rings. The van der Waals surface area contributed by atoms with Crippen molar-refractivity contribution in [2.24, 2.45) is 0 Å². The summed E-state index contributed by atoms with van der Waals surface area (Å²) in [7, 11) is 0. The van der Waals surface area contributed by atoms with E-state index in [2.05, 4.69) is 10.3 Å². The molecule has 0 bridgehead atoms. The van der Waals surface area contributed by atoms with E-state index in [4.69, 9.17) is 16.7 Å². The molecule has 0 aliphatic carbocycles. The molecule has 2 N–H and O–H groups in total. The number of amides is 1. The number of pyridine rings is 1. The van der Waals surface area contributed by atoms with Crippen molar-refractivity contribution in [3.8, 4) is 0 Å². The zero-order valence-electron chi connectivity index (χ0n) is 10.6. The van der Waals surface area contributed by atoms with Gasteiger partial charge in [0.1, 0.15) is 5.69 Å². The standard InChI is InChI=1S/C14H11ClN2O3/c1-8-10(14(19)20)3-2-4-11(8)17-13(18)12-6-5-9(15)7-16-12/h2-7H,1H3,(H,17,18)(H,19,20). The zero-order chi connectivity index (χ0) is 14.7. The normalized spacial score (nSPS) is 10.1. The van der Waals surface area contributed by atoms with Gasteiger partial charge in [-0.25, -0.2) is 9.78 Å². The number of aromatic carboxylic acids is 1. The van der Waals surface area contributed by atoms with Gasteiger partial charge in [-0.1, -0.05) is 17.7 Å². The van der Waals surface area contributed by atoms with Gasteiger partial charge in [0, 0.05) is 11.9 Å². The molecule has 0 aliphatic heterocycles. The fraction of sp³-hybridized carbons (Fsp3) is 0.0714. The first-order valence-corrected chi connectivity index (χ1v) is 6.12. The van der Waals surface area contributed by atoms with E-state index in [0.29, 0.717) is 16.3 Å².